The topological polar surface area (TPSA) is 97.0 Å². The van der Waals surface area contributed by atoms with Gasteiger partial charge in [0.15, 0.2) is 0 Å². The molecule has 2 N–H and O–H groups in total. The van der Waals surface area contributed by atoms with Gasteiger partial charge in [-0.2, -0.15) is 0 Å². The molecular weight excluding hydrogens is 398 g/mol. The number of amides is 4. The third kappa shape index (κ3) is 4.63. The van der Waals surface area contributed by atoms with Gasteiger partial charge in [0.1, 0.15) is 23.1 Å². The largest absolute Gasteiger partial charge is 0.497 e. The van der Waals surface area contributed by atoms with Crippen LogP contribution in [0.3, 0.4) is 0 Å². The number of ether oxygens (including phenoxy) is 2. The third-order valence-corrected chi connectivity index (χ3v) is 5.50. The Morgan fingerprint density at radius 3 is 2.42 bits per heavy atom. The van der Waals surface area contributed by atoms with Crippen LogP contribution >= 0.6 is 0 Å². The summed E-state index contributed by atoms with van der Waals surface area (Å²) in [6.07, 6.45) is 0.989. The number of urea groups is 1. The molecule has 8 heteroatoms. The zero-order valence-corrected chi connectivity index (χ0v) is 18.1. The molecule has 1 heterocycles. The van der Waals surface area contributed by atoms with Crippen molar-refractivity contribution in [3.05, 3.63) is 54.1 Å². The van der Waals surface area contributed by atoms with Crippen molar-refractivity contribution in [3.63, 3.8) is 0 Å². The molecule has 0 saturated carbocycles. The minimum atomic E-state index is -1.09. The second-order valence-corrected chi connectivity index (χ2v) is 7.65. The van der Waals surface area contributed by atoms with Crippen LogP contribution in [-0.2, 0) is 16.0 Å². The van der Waals surface area contributed by atoms with Gasteiger partial charge in [0, 0.05) is 0 Å². The highest BCUT2D eigenvalue weighted by Gasteiger charge is 2.50. The maximum absolute atomic E-state index is 13.1. The van der Waals surface area contributed by atoms with Crippen molar-refractivity contribution in [2.24, 2.45) is 0 Å². The van der Waals surface area contributed by atoms with E-state index in [1.54, 1.807) is 38.3 Å². The predicted molar refractivity (Wildman–Crippen MR) is 116 cm³/mol. The quantitative estimate of drug-likeness (QED) is 0.634. The van der Waals surface area contributed by atoms with Gasteiger partial charge in [0.2, 0.25) is 5.91 Å². The van der Waals surface area contributed by atoms with E-state index in [1.807, 2.05) is 24.3 Å². The van der Waals surface area contributed by atoms with Gasteiger partial charge in [-0.05, 0) is 56.5 Å². The average molecular weight is 425 g/mol. The average Bonchev–Trinajstić information content (AvgIpc) is 3.00. The molecule has 31 heavy (non-hydrogen) atoms. The number of hydrogen-bond acceptors (Lipinski definition) is 5. The number of para-hydroxylation sites is 2. The van der Waals surface area contributed by atoms with Crippen LogP contribution in [0.15, 0.2) is 48.5 Å². The number of aryl methyl sites for hydroxylation is 1. The second kappa shape index (κ2) is 9.07. The summed E-state index contributed by atoms with van der Waals surface area (Å²) >= 11 is 0. The van der Waals surface area contributed by atoms with Crippen LogP contribution in [-0.4, -0.2) is 48.5 Å². The summed E-state index contributed by atoms with van der Waals surface area (Å²) in [6, 6.07) is 12.9. The lowest BCUT2D eigenvalue weighted by Crippen LogP contribution is -2.48. The molecule has 0 bridgehead atoms. The number of anilines is 1. The Morgan fingerprint density at radius 1 is 1.10 bits per heavy atom. The summed E-state index contributed by atoms with van der Waals surface area (Å²) in [5.74, 6) is 0.340. The molecule has 2 aromatic rings. The fourth-order valence-electron chi connectivity index (χ4n) is 3.52. The highest BCUT2D eigenvalue weighted by molar-refractivity contribution is 6.11. The summed E-state index contributed by atoms with van der Waals surface area (Å²) in [6.45, 7) is 3.21. The standard InChI is InChI=1S/C23H27N3O5/c1-15(20(27)24-18-7-5-6-8-19(18)31-4)26-21(28)23(2,25-22(26)29)14-13-16-9-11-17(30-3)12-10-16/h5-12,15H,13-14H2,1-4H3,(H,24,27)(H,25,29)/t15-,23-/m0/s1. The van der Waals surface area contributed by atoms with Crippen molar-refractivity contribution in [1.29, 1.82) is 0 Å². The van der Waals surface area contributed by atoms with Gasteiger partial charge in [-0.25, -0.2) is 9.69 Å². The number of hydrogen-bond donors (Lipinski definition) is 2. The molecule has 1 saturated heterocycles. The van der Waals surface area contributed by atoms with Crippen molar-refractivity contribution in [2.75, 3.05) is 19.5 Å². The normalized spacial score (nSPS) is 19.0. The van der Waals surface area contributed by atoms with Crippen molar-refractivity contribution < 1.29 is 23.9 Å². The molecule has 0 unspecified atom stereocenters. The van der Waals surface area contributed by atoms with E-state index in [1.165, 1.54) is 14.0 Å². The van der Waals surface area contributed by atoms with E-state index in [9.17, 15) is 14.4 Å². The van der Waals surface area contributed by atoms with Crippen LogP contribution in [0.4, 0.5) is 10.5 Å². The Morgan fingerprint density at radius 2 is 1.77 bits per heavy atom. The van der Waals surface area contributed by atoms with E-state index in [0.717, 1.165) is 16.2 Å². The van der Waals surface area contributed by atoms with Crippen LogP contribution < -0.4 is 20.1 Å². The summed E-state index contributed by atoms with van der Waals surface area (Å²) < 4.78 is 10.4. The maximum Gasteiger partial charge on any atom is 0.325 e. The molecule has 1 aliphatic rings. The molecule has 1 aliphatic heterocycles. The van der Waals surface area contributed by atoms with Gasteiger partial charge in [-0.1, -0.05) is 24.3 Å². The number of benzene rings is 2. The number of nitrogens with one attached hydrogen (secondary N) is 2. The van der Waals surface area contributed by atoms with Crippen molar-refractivity contribution >= 4 is 23.5 Å². The Bertz CT molecular complexity index is 975. The highest BCUT2D eigenvalue weighted by atomic mass is 16.5. The molecule has 2 aromatic carbocycles. The molecule has 8 nitrogen and oxygen atoms in total. The molecule has 2 atom stereocenters. The third-order valence-electron chi connectivity index (χ3n) is 5.50. The zero-order chi connectivity index (χ0) is 22.6. The zero-order valence-electron chi connectivity index (χ0n) is 18.1. The van der Waals surface area contributed by atoms with Crippen molar-refractivity contribution in [2.45, 2.75) is 38.3 Å². The van der Waals surface area contributed by atoms with Gasteiger partial charge in [0.05, 0.1) is 19.9 Å². The van der Waals surface area contributed by atoms with Gasteiger partial charge < -0.3 is 20.1 Å². The lowest BCUT2D eigenvalue weighted by molar-refractivity contribution is -0.136. The summed E-state index contributed by atoms with van der Waals surface area (Å²) in [5.41, 5.74) is 0.399. The fourth-order valence-corrected chi connectivity index (χ4v) is 3.52. The van der Waals surface area contributed by atoms with Crippen LogP contribution in [0.2, 0.25) is 0 Å². The lowest BCUT2D eigenvalue weighted by Gasteiger charge is -2.24. The fraction of sp³-hybridized carbons (Fsp3) is 0.348. The van der Waals surface area contributed by atoms with E-state index in [0.29, 0.717) is 24.3 Å². The molecule has 4 amide bonds. The molecule has 0 aliphatic carbocycles. The molecule has 0 spiro atoms. The number of nitrogens with zero attached hydrogens (tertiary/aromatic N) is 1. The van der Waals surface area contributed by atoms with E-state index < -0.39 is 29.4 Å². The van der Waals surface area contributed by atoms with Gasteiger partial charge in [0.25, 0.3) is 5.91 Å². The summed E-state index contributed by atoms with van der Waals surface area (Å²) in [7, 11) is 3.10. The number of carbonyl (C=O) groups is 3. The van der Waals surface area contributed by atoms with Gasteiger partial charge in [-0.15, -0.1) is 0 Å². The Hall–Kier alpha value is -3.55. The Kier molecular flexibility index (Phi) is 6.48. The summed E-state index contributed by atoms with van der Waals surface area (Å²) in [5, 5.41) is 5.48. The first-order valence-corrected chi connectivity index (χ1v) is 10.0. The predicted octanol–water partition coefficient (Wildman–Crippen LogP) is 2.97. The molecule has 3 rings (SSSR count). The van der Waals surface area contributed by atoms with E-state index >= 15 is 0 Å². The maximum atomic E-state index is 13.1. The molecule has 164 valence electrons. The number of imide groups is 1. The van der Waals surface area contributed by atoms with E-state index in [4.69, 9.17) is 9.47 Å². The van der Waals surface area contributed by atoms with Crippen molar-refractivity contribution in [1.82, 2.24) is 10.2 Å². The Balaban J connectivity index is 1.68. The van der Waals surface area contributed by atoms with Crippen LogP contribution in [0.25, 0.3) is 0 Å². The Labute approximate surface area is 181 Å². The highest BCUT2D eigenvalue weighted by Crippen LogP contribution is 2.27. The number of rotatable bonds is 8. The van der Waals surface area contributed by atoms with E-state index in [-0.39, 0.29) is 0 Å². The molecule has 1 fully saturated rings. The summed E-state index contributed by atoms with van der Waals surface area (Å²) in [4.78, 5) is 39.4. The SMILES string of the molecule is COc1ccc(CC[C@]2(C)NC(=O)N([C@@H](C)C(=O)Nc3ccccc3OC)C2=O)cc1. The monoisotopic (exact) mass is 425 g/mol. The van der Waals surface area contributed by atoms with Crippen molar-refractivity contribution in [3.8, 4) is 11.5 Å². The lowest BCUT2D eigenvalue weighted by atomic mass is 9.93. The molecule has 0 aromatic heterocycles. The minimum Gasteiger partial charge on any atom is -0.497 e. The molecule has 0 radical (unpaired) electrons. The van der Waals surface area contributed by atoms with Gasteiger partial charge in [-0.3, -0.25) is 9.59 Å². The number of carbonyl (C=O) groups excluding carboxylic acids is 3. The van der Waals surface area contributed by atoms with Gasteiger partial charge >= 0.3 is 6.03 Å². The smallest absolute Gasteiger partial charge is 0.325 e. The number of methoxy groups -OCH3 is 2. The second-order valence-electron chi connectivity index (χ2n) is 7.65. The first kappa shape index (κ1) is 22.1. The molecular formula is C23H27N3O5. The first-order valence-electron chi connectivity index (χ1n) is 10.0. The minimum absolute atomic E-state index is 0.404. The van der Waals surface area contributed by atoms with Crippen LogP contribution in [0.5, 0.6) is 11.5 Å². The van der Waals surface area contributed by atoms with E-state index in [2.05, 4.69) is 10.6 Å². The van der Waals surface area contributed by atoms with Crippen LogP contribution in [0.1, 0.15) is 25.8 Å². The van der Waals surface area contributed by atoms with Crippen LogP contribution in [0, 0.1) is 0 Å². The first-order chi connectivity index (χ1) is 14.8.